The fourth-order valence-electron chi connectivity index (χ4n) is 3.24. The lowest BCUT2D eigenvalue weighted by Crippen LogP contribution is -2.45. The van der Waals surface area contributed by atoms with Crippen molar-refractivity contribution in [2.75, 3.05) is 31.2 Å². The van der Waals surface area contributed by atoms with Crippen molar-refractivity contribution in [2.45, 2.75) is 6.04 Å². The molecule has 6 nitrogen and oxygen atoms in total. The molecule has 128 valence electrons. The van der Waals surface area contributed by atoms with Crippen LogP contribution in [-0.2, 0) is 9.53 Å². The smallest absolute Gasteiger partial charge is 0.410 e. The van der Waals surface area contributed by atoms with Gasteiger partial charge in [0.05, 0.1) is 18.3 Å². The number of amides is 2. The van der Waals surface area contributed by atoms with Crippen molar-refractivity contribution in [3.63, 3.8) is 0 Å². The lowest BCUT2D eigenvalue weighted by atomic mass is 10.1. The third-order valence-corrected chi connectivity index (χ3v) is 4.49. The van der Waals surface area contributed by atoms with Crippen LogP contribution in [0, 0.1) is 0 Å². The number of para-hydroxylation sites is 2. The van der Waals surface area contributed by atoms with Crippen LogP contribution in [0.15, 0.2) is 54.6 Å². The predicted octanol–water partition coefficient (Wildman–Crippen LogP) is 2.61. The van der Waals surface area contributed by atoms with Crippen molar-refractivity contribution in [3.05, 3.63) is 60.2 Å². The molecule has 2 aliphatic heterocycles. The summed E-state index contributed by atoms with van der Waals surface area (Å²) in [6.07, 6.45) is -0.455. The van der Waals surface area contributed by atoms with Gasteiger partial charge in [0.25, 0.3) is 0 Å². The zero-order chi connectivity index (χ0) is 17.2. The van der Waals surface area contributed by atoms with E-state index in [9.17, 15) is 9.59 Å². The molecule has 6 heteroatoms. The quantitative estimate of drug-likeness (QED) is 0.863. The summed E-state index contributed by atoms with van der Waals surface area (Å²) >= 11 is 0. The lowest BCUT2D eigenvalue weighted by Gasteiger charge is -2.31. The standard InChI is InChI=1S/C19H18N2O4/c22-18(20-10-11-24-17-9-5-4-8-15(17)20)12-21-16(13-25-19(21)23)14-6-2-1-3-7-14/h1-9,16H,10-13H2/t16-/m1/s1. The van der Waals surface area contributed by atoms with Crippen LogP contribution in [0.2, 0.25) is 0 Å². The van der Waals surface area contributed by atoms with Gasteiger partial charge in [0.2, 0.25) is 5.91 Å². The molecule has 0 bridgehead atoms. The van der Waals surface area contributed by atoms with Gasteiger partial charge < -0.3 is 14.4 Å². The van der Waals surface area contributed by atoms with Gasteiger partial charge in [0.1, 0.15) is 25.5 Å². The maximum atomic E-state index is 12.9. The Hall–Kier alpha value is -3.02. The van der Waals surface area contributed by atoms with Gasteiger partial charge in [-0.05, 0) is 17.7 Å². The van der Waals surface area contributed by atoms with Crippen molar-refractivity contribution >= 4 is 17.7 Å². The van der Waals surface area contributed by atoms with Crippen LogP contribution in [-0.4, -0.2) is 43.2 Å². The Labute approximate surface area is 145 Å². The van der Waals surface area contributed by atoms with Gasteiger partial charge in [-0.3, -0.25) is 9.69 Å². The first-order chi connectivity index (χ1) is 12.2. The molecule has 4 rings (SSSR count). The first kappa shape index (κ1) is 15.5. The molecule has 2 amide bonds. The fourth-order valence-corrected chi connectivity index (χ4v) is 3.24. The van der Waals surface area contributed by atoms with Gasteiger partial charge in [0, 0.05) is 0 Å². The molecule has 1 saturated heterocycles. The van der Waals surface area contributed by atoms with E-state index in [-0.39, 0.29) is 25.1 Å². The van der Waals surface area contributed by atoms with Gasteiger partial charge in [0.15, 0.2) is 0 Å². The minimum absolute atomic E-state index is 0.0211. The van der Waals surface area contributed by atoms with E-state index in [2.05, 4.69) is 0 Å². The van der Waals surface area contributed by atoms with E-state index >= 15 is 0 Å². The highest BCUT2D eigenvalue weighted by Crippen LogP contribution is 2.32. The number of nitrogens with zero attached hydrogens (tertiary/aromatic N) is 2. The zero-order valence-corrected chi connectivity index (χ0v) is 13.6. The Balaban J connectivity index is 1.55. The first-order valence-electron chi connectivity index (χ1n) is 8.24. The van der Waals surface area contributed by atoms with Crippen molar-refractivity contribution in [1.29, 1.82) is 0 Å². The normalized spacial score (nSPS) is 19.2. The third kappa shape index (κ3) is 2.91. The van der Waals surface area contributed by atoms with E-state index in [1.54, 1.807) is 4.90 Å². The van der Waals surface area contributed by atoms with Gasteiger partial charge in [-0.1, -0.05) is 42.5 Å². The highest BCUT2D eigenvalue weighted by atomic mass is 16.6. The summed E-state index contributed by atoms with van der Waals surface area (Å²) in [6.45, 7) is 1.15. The largest absolute Gasteiger partial charge is 0.490 e. The van der Waals surface area contributed by atoms with Crippen molar-refractivity contribution in [3.8, 4) is 5.75 Å². The molecule has 0 unspecified atom stereocenters. The molecule has 0 N–H and O–H groups in total. The molecule has 0 aliphatic carbocycles. The number of fused-ring (bicyclic) bond motifs is 1. The molecule has 0 saturated carbocycles. The SMILES string of the molecule is O=C(CN1C(=O)OC[C@@H]1c1ccccc1)N1CCOc2ccccc21. The number of ether oxygens (including phenoxy) is 2. The van der Waals surface area contributed by atoms with Crippen LogP contribution in [0.4, 0.5) is 10.5 Å². The first-order valence-corrected chi connectivity index (χ1v) is 8.24. The number of benzene rings is 2. The summed E-state index contributed by atoms with van der Waals surface area (Å²) in [5.41, 5.74) is 1.70. The predicted molar refractivity (Wildman–Crippen MR) is 91.5 cm³/mol. The summed E-state index contributed by atoms with van der Waals surface area (Å²) < 4.78 is 10.8. The third-order valence-electron chi connectivity index (χ3n) is 4.49. The van der Waals surface area contributed by atoms with Crippen LogP contribution in [0.1, 0.15) is 11.6 Å². The fraction of sp³-hybridized carbons (Fsp3) is 0.263. The summed E-state index contributed by atoms with van der Waals surface area (Å²) in [5.74, 6) is 0.543. The summed E-state index contributed by atoms with van der Waals surface area (Å²) in [5, 5.41) is 0. The minimum atomic E-state index is -0.455. The summed E-state index contributed by atoms with van der Waals surface area (Å²) in [6, 6.07) is 16.8. The van der Waals surface area contributed by atoms with E-state index in [4.69, 9.17) is 9.47 Å². The molecule has 0 spiro atoms. The van der Waals surface area contributed by atoms with E-state index < -0.39 is 6.09 Å². The van der Waals surface area contributed by atoms with Crippen LogP contribution >= 0.6 is 0 Å². The molecular weight excluding hydrogens is 320 g/mol. The Morgan fingerprint density at radius 3 is 2.64 bits per heavy atom. The molecule has 25 heavy (non-hydrogen) atoms. The van der Waals surface area contributed by atoms with Crippen molar-refractivity contribution in [1.82, 2.24) is 4.90 Å². The van der Waals surface area contributed by atoms with E-state index in [0.29, 0.717) is 18.9 Å². The average molecular weight is 338 g/mol. The Morgan fingerprint density at radius 2 is 1.80 bits per heavy atom. The Morgan fingerprint density at radius 1 is 1.04 bits per heavy atom. The highest BCUT2D eigenvalue weighted by Gasteiger charge is 2.37. The maximum Gasteiger partial charge on any atom is 0.410 e. The number of carbonyl (C=O) groups excluding carboxylic acids is 2. The van der Waals surface area contributed by atoms with Crippen LogP contribution in [0.5, 0.6) is 5.75 Å². The lowest BCUT2D eigenvalue weighted by molar-refractivity contribution is -0.119. The molecule has 1 fully saturated rings. The van der Waals surface area contributed by atoms with Gasteiger partial charge in [-0.2, -0.15) is 0 Å². The van der Waals surface area contributed by atoms with E-state index in [1.165, 1.54) is 4.90 Å². The van der Waals surface area contributed by atoms with Crippen molar-refractivity contribution < 1.29 is 19.1 Å². The Kier molecular flexibility index (Phi) is 4.01. The number of anilines is 1. The minimum Gasteiger partial charge on any atom is -0.490 e. The number of carbonyl (C=O) groups is 2. The van der Waals surface area contributed by atoms with Gasteiger partial charge >= 0.3 is 6.09 Å². The van der Waals surface area contributed by atoms with Crippen molar-refractivity contribution in [2.24, 2.45) is 0 Å². The molecular formula is C19H18N2O4. The summed E-state index contributed by atoms with van der Waals surface area (Å²) in [4.78, 5) is 28.2. The molecule has 2 heterocycles. The zero-order valence-electron chi connectivity index (χ0n) is 13.6. The number of cyclic esters (lactones) is 1. The molecule has 2 aromatic rings. The summed E-state index contributed by atoms with van der Waals surface area (Å²) in [7, 11) is 0. The monoisotopic (exact) mass is 338 g/mol. The second-order valence-corrected chi connectivity index (χ2v) is 5.99. The highest BCUT2D eigenvalue weighted by molar-refractivity contribution is 5.98. The molecule has 2 aliphatic rings. The topological polar surface area (TPSA) is 59.1 Å². The number of hydrogen-bond acceptors (Lipinski definition) is 4. The Bertz CT molecular complexity index is 793. The van der Waals surface area contributed by atoms with Crippen LogP contribution in [0.3, 0.4) is 0 Å². The maximum absolute atomic E-state index is 12.9. The van der Waals surface area contributed by atoms with E-state index in [1.807, 2.05) is 54.6 Å². The number of hydrogen-bond donors (Lipinski definition) is 0. The van der Waals surface area contributed by atoms with Gasteiger partial charge in [-0.25, -0.2) is 4.79 Å². The molecule has 0 aromatic heterocycles. The molecule has 2 aromatic carbocycles. The molecule has 0 radical (unpaired) electrons. The number of rotatable bonds is 3. The van der Waals surface area contributed by atoms with Crippen LogP contribution in [0.25, 0.3) is 0 Å². The van der Waals surface area contributed by atoms with Crippen LogP contribution < -0.4 is 9.64 Å². The average Bonchev–Trinajstić information content (AvgIpc) is 3.02. The second kappa shape index (κ2) is 6.47. The van der Waals surface area contributed by atoms with E-state index in [0.717, 1.165) is 11.3 Å². The molecule has 1 atom stereocenters. The second-order valence-electron chi connectivity index (χ2n) is 5.99. The van der Waals surface area contributed by atoms with Gasteiger partial charge in [-0.15, -0.1) is 0 Å².